The van der Waals surface area contributed by atoms with Crippen molar-refractivity contribution in [3.63, 3.8) is 0 Å². The predicted molar refractivity (Wildman–Crippen MR) is 163 cm³/mol. The summed E-state index contributed by atoms with van der Waals surface area (Å²) in [5, 5.41) is 9.71. The van der Waals surface area contributed by atoms with Crippen molar-refractivity contribution in [2.24, 2.45) is 13.0 Å². The van der Waals surface area contributed by atoms with Gasteiger partial charge in [-0.2, -0.15) is 5.26 Å². The molecule has 208 valence electrons. The van der Waals surface area contributed by atoms with Crippen LogP contribution in [0, 0.1) is 24.2 Å². The van der Waals surface area contributed by atoms with Crippen LogP contribution in [0.1, 0.15) is 108 Å². The highest BCUT2D eigenvalue weighted by molar-refractivity contribution is 8.26. The molecule has 6 nitrogen and oxygen atoms in total. The van der Waals surface area contributed by atoms with Gasteiger partial charge in [0.1, 0.15) is 21.8 Å². The van der Waals surface area contributed by atoms with Crippen molar-refractivity contribution in [3.05, 3.63) is 31.9 Å². The average Bonchev–Trinajstić information content (AvgIpc) is 3.16. The molecule has 2 fully saturated rings. The van der Waals surface area contributed by atoms with Crippen molar-refractivity contribution in [1.82, 2.24) is 9.47 Å². The summed E-state index contributed by atoms with van der Waals surface area (Å²) < 4.78 is 2.17. The number of nitrogens with zero attached hydrogens (tertiary/aromatic N) is 4. The van der Waals surface area contributed by atoms with Crippen molar-refractivity contribution < 1.29 is 4.79 Å². The number of anilines is 1. The number of hydrogen-bond donors (Lipinski definition) is 0. The van der Waals surface area contributed by atoms with E-state index in [-0.39, 0.29) is 17.0 Å². The number of nitriles is 1. The molecule has 0 spiro atoms. The lowest BCUT2D eigenvalue weighted by Gasteiger charge is -2.35. The number of piperidine rings is 1. The molecule has 1 atom stereocenters. The fourth-order valence-corrected chi connectivity index (χ4v) is 6.85. The third kappa shape index (κ3) is 7.51. The molecular weight excluding hydrogens is 512 g/mol. The normalized spacial score (nSPS) is 19.0. The first-order valence-corrected chi connectivity index (χ1v) is 15.7. The van der Waals surface area contributed by atoms with Crippen molar-refractivity contribution in [2.45, 2.75) is 97.8 Å². The predicted octanol–water partition coefficient (Wildman–Crippen LogP) is 6.92. The molecule has 3 heterocycles. The quantitative estimate of drug-likeness (QED) is 0.149. The van der Waals surface area contributed by atoms with Gasteiger partial charge in [-0.15, -0.1) is 0 Å². The monoisotopic (exact) mass is 556 g/mol. The van der Waals surface area contributed by atoms with Crippen LogP contribution in [-0.4, -0.2) is 39.3 Å². The first-order valence-electron chi connectivity index (χ1n) is 14.4. The Kier molecular flexibility index (Phi) is 11.9. The number of pyridine rings is 1. The van der Waals surface area contributed by atoms with Gasteiger partial charge in [-0.25, -0.2) is 0 Å². The lowest BCUT2D eigenvalue weighted by atomic mass is 9.98. The summed E-state index contributed by atoms with van der Waals surface area (Å²) in [6.07, 6.45) is 16.6. The molecule has 0 bridgehead atoms. The molecule has 1 unspecified atom stereocenters. The van der Waals surface area contributed by atoms with Crippen molar-refractivity contribution in [3.8, 4) is 6.07 Å². The van der Waals surface area contributed by atoms with Gasteiger partial charge in [0.25, 0.3) is 11.5 Å². The molecule has 38 heavy (non-hydrogen) atoms. The maximum Gasteiger partial charge on any atom is 0.270 e. The molecule has 2 aliphatic heterocycles. The van der Waals surface area contributed by atoms with Gasteiger partial charge in [-0.05, 0) is 43.7 Å². The number of hydrogen-bond acceptors (Lipinski definition) is 6. The number of aromatic nitrogens is 1. The van der Waals surface area contributed by atoms with Crippen molar-refractivity contribution >= 4 is 46.1 Å². The molecule has 0 radical (unpaired) electrons. The standard InChI is InChI=1S/C30H44N4O2S2/c1-5-6-7-8-9-10-11-12-13-14-18-34-29(36)26(38-30(34)37)19-24-23(3)25(20-31)28(35)32(4)27(24)33-17-15-16-22(2)21-33/h19,22H,5-18,21H2,1-4H3. The summed E-state index contributed by atoms with van der Waals surface area (Å²) in [5.41, 5.74) is 1.25. The molecule has 1 amide bonds. The van der Waals surface area contributed by atoms with Gasteiger partial charge >= 0.3 is 0 Å². The van der Waals surface area contributed by atoms with E-state index in [2.05, 4.69) is 24.8 Å². The number of carbonyl (C=O) groups is 1. The zero-order valence-electron chi connectivity index (χ0n) is 23.7. The highest BCUT2D eigenvalue weighted by atomic mass is 32.2. The van der Waals surface area contributed by atoms with Gasteiger partial charge in [0.2, 0.25) is 0 Å². The van der Waals surface area contributed by atoms with E-state index < -0.39 is 0 Å². The molecule has 1 aromatic rings. The van der Waals surface area contributed by atoms with E-state index in [9.17, 15) is 14.9 Å². The van der Waals surface area contributed by atoms with Gasteiger partial charge in [0.15, 0.2) is 0 Å². The van der Waals surface area contributed by atoms with E-state index in [1.54, 1.807) is 16.5 Å². The lowest BCUT2D eigenvalue weighted by Crippen LogP contribution is -2.39. The summed E-state index contributed by atoms with van der Waals surface area (Å²) in [4.78, 5) is 30.9. The van der Waals surface area contributed by atoms with Gasteiger partial charge in [-0.3, -0.25) is 19.1 Å². The molecule has 2 aliphatic rings. The van der Waals surface area contributed by atoms with Crippen LogP contribution in [0.4, 0.5) is 5.82 Å². The number of amides is 1. The molecule has 2 saturated heterocycles. The summed E-state index contributed by atoms with van der Waals surface area (Å²) in [6, 6.07) is 2.09. The van der Waals surface area contributed by atoms with Gasteiger partial charge in [-0.1, -0.05) is 95.6 Å². The third-order valence-electron chi connectivity index (χ3n) is 7.81. The summed E-state index contributed by atoms with van der Waals surface area (Å²) in [5.74, 6) is 1.24. The van der Waals surface area contributed by atoms with Crippen LogP contribution in [0.15, 0.2) is 9.70 Å². The van der Waals surface area contributed by atoms with E-state index in [0.29, 0.717) is 27.3 Å². The minimum absolute atomic E-state index is 0.0688. The van der Waals surface area contributed by atoms with Crippen molar-refractivity contribution in [2.75, 3.05) is 24.5 Å². The van der Waals surface area contributed by atoms with Crippen LogP contribution >= 0.6 is 24.0 Å². The highest BCUT2D eigenvalue weighted by Crippen LogP contribution is 2.36. The van der Waals surface area contributed by atoms with Gasteiger partial charge in [0.05, 0.1) is 4.91 Å². The van der Waals surface area contributed by atoms with Crippen LogP contribution in [-0.2, 0) is 11.8 Å². The Morgan fingerprint density at radius 1 is 1.08 bits per heavy atom. The summed E-state index contributed by atoms with van der Waals surface area (Å²) in [6.45, 7) is 8.62. The average molecular weight is 557 g/mol. The Balaban J connectivity index is 1.70. The highest BCUT2D eigenvalue weighted by Gasteiger charge is 2.33. The maximum atomic E-state index is 13.4. The zero-order chi connectivity index (χ0) is 27.7. The SMILES string of the molecule is CCCCCCCCCCCCN1C(=O)C(=Cc2c(C)c(C#N)c(=O)n(C)c2N2CCCC(C)C2)SC1=S. The summed E-state index contributed by atoms with van der Waals surface area (Å²) in [7, 11) is 1.73. The second kappa shape index (κ2) is 14.9. The number of rotatable bonds is 13. The second-order valence-corrected chi connectivity index (χ2v) is 12.6. The zero-order valence-corrected chi connectivity index (χ0v) is 25.3. The van der Waals surface area contributed by atoms with Crippen LogP contribution in [0.2, 0.25) is 0 Å². The Morgan fingerprint density at radius 3 is 2.32 bits per heavy atom. The Hall–Kier alpha value is -2.11. The maximum absolute atomic E-state index is 13.4. The fraction of sp³-hybridized carbons (Fsp3) is 0.667. The van der Waals surface area contributed by atoms with E-state index in [4.69, 9.17) is 12.2 Å². The number of thioether (sulfide) groups is 1. The van der Waals surface area contributed by atoms with E-state index >= 15 is 0 Å². The minimum Gasteiger partial charge on any atom is -0.357 e. The molecule has 8 heteroatoms. The van der Waals surface area contributed by atoms with Crippen molar-refractivity contribution in [1.29, 1.82) is 5.26 Å². The molecule has 3 rings (SSSR count). The second-order valence-electron chi connectivity index (χ2n) is 10.9. The fourth-order valence-electron chi connectivity index (χ4n) is 5.56. The van der Waals surface area contributed by atoms with E-state index in [0.717, 1.165) is 50.2 Å². The van der Waals surface area contributed by atoms with Gasteiger partial charge < -0.3 is 4.90 Å². The smallest absolute Gasteiger partial charge is 0.270 e. The van der Waals surface area contributed by atoms with Crippen LogP contribution in [0.25, 0.3) is 6.08 Å². The minimum atomic E-state index is -0.288. The Bertz CT molecular complexity index is 1130. The summed E-state index contributed by atoms with van der Waals surface area (Å²) >= 11 is 6.92. The molecule has 1 aromatic heterocycles. The molecule has 0 aliphatic carbocycles. The first kappa shape index (κ1) is 30.4. The Labute approximate surface area is 238 Å². The lowest BCUT2D eigenvalue weighted by molar-refractivity contribution is -0.122. The van der Waals surface area contributed by atoms with Crippen LogP contribution in [0.5, 0.6) is 0 Å². The molecular formula is C30H44N4O2S2. The molecule has 0 aromatic carbocycles. The molecule has 0 N–H and O–H groups in total. The number of unbranched alkanes of at least 4 members (excludes halogenated alkanes) is 9. The van der Waals surface area contributed by atoms with E-state index in [1.807, 2.05) is 13.0 Å². The first-order chi connectivity index (χ1) is 18.3. The Morgan fingerprint density at radius 2 is 1.71 bits per heavy atom. The largest absolute Gasteiger partial charge is 0.357 e. The van der Waals surface area contributed by atoms with E-state index in [1.165, 1.54) is 63.1 Å². The van der Waals surface area contributed by atoms with Crippen LogP contribution < -0.4 is 10.5 Å². The van der Waals surface area contributed by atoms with Crippen LogP contribution in [0.3, 0.4) is 0 Å². The molecule has 0 saturated carbocycles. The number of thiocarbonyl (C=S) groups is 1. The number of carbonyl (C=O) groups excluding carboxylic acids is 1. The topological polar surface area (TPSA) is 69.3 Å². The third-order valence-corrected chi connectivity index (χ3v) is 9.19. The van der Waals surface area contributed by atoms with Gasteiger partial charge in [0, 0.05) is 32.2 Å².